The van der Waals surface area contributed by atoms with Crippen LogP contribution in [-0.4, -0.2) is 0 Å². The Morgan fingerprint density at radius 1 is 0.810 bits per heavy atom. The van der Waals surface area contributed by atoms with Crippen molar-refractivity contribution in [1.29, 1.82) is 0 Å². The van der Waals surface area contributed by atoms with E-state index in [0.717, 1.165) is 11.1 Å². The highest BCUT2D eigenvalue weighted by atomic mass is 31.2. The second-order valence-electron chi connectivity index (χ2n) is 4.83. The maximum Gasteiger partial charge on any atom is 0.455 e. The fraction of sp³-hybridized carbons (Fsp3) is 0.176. The number of benzene rings is 2. The van der Waals surface area contributed by atoms with Crippen molar-refractivity contribution in [3.05, 3.63) is 71.6 Å². The van der Waals surface area contributed by atoms with Gasteiger partial charge >= 0.3 is 7.60 Å². The van der Waals surface area contributed by atoms with Gasteiger partial charge in [-0.3, -0.25) is 0 Å². The van der Waals surface area contributed by atoms with E-state index >= 15 is 0 Å². The largest absolute Gasteiger partial charge is 0.455 e. The molecule has 3 nitrogen and oxygen atoms in total. The van der Waals surface area contributed by atoms with Crippen LogP contribution < -0.4 is 9.05 Å². The molecule has 0 saturated heterocycles. The van der Waals surface area contributed by atoms with Crippen LogP contribution in [0.5, 0.6) is 11.5 Å². The van der Waals surface area contributed by atoms with Crippen molar-refractivity contribution in [3.8, 4) is 11.5 Å². The molecule has 0 saturated carbocycles. The molecule has 2 aromatic rings. The van der Waals surface area contributed by atoms with Gasteiger partial charge < -0.3 is 9.05 Å². The predicted molar refractivity (Wildman–Crippen MR) is 86.0 cm³/mol. The zero-order chi connectivity index (χ0) is 15.3. The third-order valence-corrected chi connectivity index (χ3v) is 4.43. The molecule has 0 spiro atoms. The molecule has 0 aliphatic carbocycles. The highest BCUT2D eigenvalue weighted by molar-refractivity contribution is 7.58. The second kappa shape index (κ2) is 6.64. The molecule has 2 aromatic carbocycles. The number of aryl methyl sites for hydroxylation is 2. The standard InChI is InChI=1S/C17H19O3P/c1-4-13-21(18,19-16-9-5-14(2)6-10-16)20-17-11-7-15(3)8-12-17/h4-13H,1-3H3. The van der Waals surface area contributed by atoms with E-state index in [1.54, 1.807) is 37.3 Å². The first-order valence-electron chi connectivity index (χ1n) is 6.77. The highest BCUT2D eigenvalue weighted by Crippen LogP contribution is 2.49. The molecule has 0 bridgehead atoms. The molecule has 0 radical (unpaired) electrons. The van der Waals surface area contributed by atoms with Gasteiger partial charge in [0.15, 0.2) is 0 Å². The Hall–Kier alpha value is -1.99. The number of hydrogen-bond donors (Lipinski definition) is 0. The summed E-state index contributed by atoms with van der Waals surface area (Å²) < 4.78 is 23.9. The fourth-order valence-corrected chi connectivity index (χ4v) is 3.11. The fourth-order valence-electron chi connectivity index (χ4n) is 1.75. The van der Waals surface area contributed by atoms with Gasteiger partial charge in [-0.25, -0.2) is 4.57 Å². The Bertz CT molecular complexity index is 606. The van der Waals surface area contributed by atoms with Gasteiger partial charge in [0, 0.05) is 5.82 Å². The Kier molecular flexibility index (Phi) is 4.87. The first kappa shape index (κ1) is 15.4. The van der Waals surface area contributed by atoms with Gasteiger partial charge in [0.1, 0.15) is 11.5 Å². The molecule has 0 aliphatic heterocycles. The van der Waals surface area contributed by atoms with Crippen LogP contribution in [0, 0.1) is 13.8 Å². The van der Waals surface area contributed by atoms with Gasteiger partial charge in [0.2, 0.25) is 0 Å². The third-order valence-electron chi connectivity index (χ3n) is 2.84. The molecule has 2 rings (SSSR count). The predicted octanol–water partition coefficient (Wildman–Crippen LogP) is 5.49. The van der Waals surface area contributed by atoms with Gasteiger partial charge in [-0.15, -0.1) is 0 Å². The van der Waals surface area contributed by atoms with Crippen LogP contribution in [-0.2, 0) is 4.57 Å². The summed E-state index contributed by atoms with van der Waals surface area (Å²) >= 11 is 0. The van der Waals surface area contributed by atoms with E-state index in [9.17, 15) is 4.57 Å². The van der Waals surface area contributed by atoms with Crippen LogP contribution in [0.1, 0.15) is 18.1 Å². The Balaban J connectivity index is 2.21. The van der Waals surface area contributed by atoms with E-state index in [1.165, 1.54) is 5.82 Å². The van der Waals surface area contributed by atoms with Crippen molar-refractivity contribution in [1.82, 2.24) is 0 Å². The lowest BCUT2D eigenvalue weighted by atomic mass is 10.2. The molecule has 0 fully saturated rings. The van der Waals surface area contributed by atoms with Crippen LogP contribution in [0.15, 0.2) is 60.4 Å². The zero-order valence-electron chi connectivity index (χ0n) is 12.4. The molecular formula is C17H19O3P. The summed E-state index contributed by atoms with van der Waals surface area (Å²) in [6, 6.07) is 14.7. The van der Waals surface area contributed by atoms with Crippen LogP contribution in [0.25, 0.3) is 0 Å². The monoisotopic (exact) mass is 302 g/mol. The highest BCUT2D eigenvalue weighted by Gasteiger charge is 2.24. The Morgan fingerprint density at radius 3 is 1.52 bits per heavy atom. The minimum atomic E-state index is -3.37. The van der Waals surface area contributed by atoms with Crippen molar-refractivity contribution >= 4 is 7.60 Å². The van der Waals surface area contributed by atoms with E-state index in [1.807, 2.05) is 38.1 Å². The minimum absolute atomic E-state index is 0.522. The molecule has 0 amide bonds. The van der Waals surface area contributed by atoms with Crippen LogP contribution in [0.3, 0.4) is 0 Å². The third kappa shape index (κ3) is 4.51. The summed E-state index contributed by atoms with van der Waals surface area (Å²) in [5.74, 6) is 2.51. The van der Waals surface area contributed by atoms with Crippen molar-refractivity contribution < 1.29 is 13.6 Å². The van der Waals surface area contributed by atoms with Crippen LogP contribution >= 0.6 is 7.60 Å². The molecule has 0 aliphatic rings. The first-order valence-corrected chi connectivity index (χ1v) is 8.38. The molecule has 21 heavy (non-hydrogen) atoms. The topological polar surface area (TPSA) is 35.5 Å². The van der Waals surface area contributed by atoms with E-state index < -0.39 is 7.60 Å². The van der Waals surface area contributed by atoms with Crippen molar-refractivity contribution in [2.45, 2.75) is 20.8 Å². The van der Waals surface area contributed by atoms with E-state index in [0.29, 0.717) is 11.5 Å². The lowest BCUT2D eigenvalue weighted by molar-refractivity contribution is 0.398. The summed E-state index contributed by atoms with van der Waals surface area (Å²) in [6.45, 7) is 5.75. The quantitative estimate of drug-likeness (QED) is 0.685. The zero-order valence-corrected chi connectivity index (χ0v) is 13.3. The number of rotatable bonds is 5. The molecule has 0 heterocycles. The van der Waals surface area contributed by atoms with Crippen LogP contribution in [0.4, 0.5) is 0 Å². The average molecular weight is 302 g/mol. The van der Waals surface area contributed by atoms with Gasteiger partial charge in [-0.1, -0.05) is 41.5 Å². The lowest BCUT2D eigenvalue weighted by Crippen LogP contribution is -1.98. The molecule has 0 atom stereocenters. The lowest BCUT2D eigenvalue weighted by Gasteiger charge is -2.17. The SMILES string of the molecule is CC=CP(=O)(Oc1ccc(C)cc1)Oc1ccc(C)cc1. The summed E-state index contributed by atoms with van der Waals surface area (Å²) in [5, 5.41) is 0. The molecule has 0 aromatic heterocycles. The number of hydrogen-bond acceptors (Lipinski definition) is 3. The number of allylic oxidation sites excluding steroid dienone is 1. The van der Waals surface area contributed by atoms with Crippen molar-refractivity contribution in [2.24, 2.45) is 0 Å². The second-order valence-corrected chi connectivity index (χ2v) is 6.57. The summed E-state index contributed by atoms with van der Waals surface area (Å²) in [6.07, 6.45) is 1.67. The summed E-state index contributed by atoms with van der Waals surface area (Å²) in [5.41, 5.74) is 2.23. The van der Waals surface area contributed by atoms with E-state index in [4.69, 9.17) is 9.05 Å². The van der Waals surface area contributed by atoms with Crippen molar-refractivity contribution in [2.75, 3.05) is 0 Å². The summed E-state index contributed by atoms with van der Waals surface area (Å²) in [7, 11) is -3.37. The smallest absolute Gasteiger partial charge is 0.413 e. The minimum Gasteiger partial charge on any atom is -0.413 e. The van der Waals surface area contributed by atoms with Gasteiger partial charge in [0.25, 0.3) is 0 Å². The summed E-state index contributed by atoms with van der Waals surface area (Å²) in [4.78, 5) is 0. The molecule has 4 heteroatoms. The molecule has 0 N–H and O–H groups in total. The normalized spacial score (nSPS) is 11.6. The van der Waals surface area contributed by atoms with Gasteiger partial charge in [0.05, 0.1) is 0 Å². The molecule has 0 unspecified atom stereocenters. The van der Waals surface area contributed by atoms with Gasteiger partial charge in [-0.05, 0) is 45.0 Å². The van der Waals surface area contributed by atoms with Crippen molar-refractivity contribution in [3.63, 3.8) is 0 Å². The van der Waals surface area contributed by atoms with E-state index in [-0.39, 0.29) is 0 Å². The Labute approximate surface area is 125 Å². The maximum atomic E-state index is 12.8. The average Bonchev–Trinajstić information content (AvgIpc) is 2.44. The van der Waals surface area contributed by atoms with E-state index in [2.05, 4.69) is 0 Å². The first-order chi connectivity index (χ1) is 10.0. The Morgan fingerprint density at radius 2 is 1.19 bits per heavy atom. The molecular weight excluding hydrogens is 283 g/mol. The maximum absolute atomic E-state index is 12.8. The van der Waals surface area contributed by atoms with Gasteiger partial charge in [-0.2, -0.15) is 0 Å². The van der Waals surface area contributed by atoms with Crippen LogP contribution in [0.2, 0.25) is 0 Å². The molecule has 110 valence electrons.